The van der Waals surface area contributed by atoms with Gasteiger partial charge in [-0.1, -0.05) is 28.5 Å². The van der Waals surface area contributed by atoms with Crippen LogP contribution in [0.5, 0.6) is 5.75 Å². The molecule has 2 aromatic rings. The van der Waals surface area contributed by atoms with Crippen LogP contribution in [-0.4, -0.2) is 26.8 Å². The molecular formula is C9H10N4OS. The van der Waals surface area contributed by atoms with Gasteiger partial charge in [-0.15, -0.1) is 0 Å². The van der Waals surface area contributed by atoms with E-state index < -0.39 is 0 Å². The van der Waals surface area contributed by atoms with Crippen LogP contribution in [0.2, 0.25) is 0 Å². The molecule has 5 nitrogen and oxygen atoms in total. The molecule has 1 N–H and O–H groups in total. The third-order valence-electron chi connectivity index (χ3n) is 1.86. The van der Waals surface area contributed by atoms with Crippen molar-refractivity contribution in [3.63, 3.8) is 0 Å². The summed E-state index contributed by atoms with van der Waals surface area (Å²) in [5, 5.41) is 9.90. The summed E-state index contributed by atoms with van der Waals surface area (Å²) in [5.74, 6) is 0.844. The SMILES string of the molecule is S=c1nn[nH]n1CCOc1ccccc1. The minimum absolute atomic E-state index is 0.437. The van der Waals surface area contributed by atoms with E-state index in [2.05, 4.69) is 15.5 Å². The van der Waals surface area contributed by atoms with Crippen LogP contribution >= 0.6 is 12.2 Å². The fourth-order valence-electron chi connectivity index (χ4n) is 1.13. The van der Waals surface area contributed by atoms with Crippen molar-refractivity contribution in [2.24, 2.45) is 0 Å². The second kappa shape index (κ2) is 4.70. The highest BCUT2D eigenvalue weighted by atomic mass is 32.1. The monoisotopic (exact) mass is 222 g/mol. The minimum Gasteiger partial charge on any atom is -0.492 e. The lowest BCUT2D eigenvalue weighted by Gasteiger charge is -2.05. The van der Waals surface area contributed by atoms with Crippen molar-refractivity contribution in [1.82, 2.24) is 20.2 Å². The second-order valence-corrected chi connectivity index (χ2v) is 3.26. The molecule has 15 heavy (non-hydrogen) atoms. The topological polar surface area (TPSA) is 55.7 Å². The number of hydrogen-bond donors (Lipinski definition) is 1. The zero-order chi connectivity index (χ0) is 10.5. The van der Waals surface area contributed by atoms with Gasteiger partial charge in [-0.3, -0.25) is 0 Å². The number of nitrogens with zero attached hydrogens (tertiary/aromatic N) is 3. The first kappa shape index (κ1) is 9.85. The number of para-hydroxylation sites is 1. The molecule has 0 unspecified atom stereocenters. The van der Waals surface area contributed by atoms with Crippen LogP contribution in [0, 0.1) is 4.77 Å². The average molecular weight is 222 g/mol. The second-order valence-electron chi connectivity index (χ2n) is 2.90. The van der Waals surface area contributed by atoms with Gasteiger partial charge in [-0.25, -0.2) is 4.68 Å². The molecule has 0 radical (unpaired) electrons. The van der Waals surface area contributed by atoms with Gasteiger partial charge in [0.15, 0.2) is 0 Å². The van der Waals surface area contributed by atoms with Crippen molar-refractivity contribution in [3.8, 4) is 5.75 Å². The molecule has 0 aliphatic carbocycles. The quantitative estimate of drug-likeness (QED) is 0.795. The van der Waals surface area contributed by atoms with E-state index in [1.807, 2.05) is 30.3 Å². The van der Waals surface area contributed by atoms with Gasteiger partial charge in [0.2, 0.25) is 4.77 Å². The van der Waals surface area contributed by atoms with Gasteiger partial charge in [0.1, 0.15) is 12.4 Å². The van der Waals surface area contributed by atoms with Crippen molar-refractivity contribution in [3.05, 3.63) is 35.1 Å². The van der Waals surface area contributed by atoms with Gasteiger partial charge in [0.05, 0.1) is 6.54 Å². The Balaban J connectivity index is 1.86. The normalized spacial score (nSPS) is 10.1. The van der Waals surface area contributed by atoms with Gasteiger partial charge in [-0.05, 0) is 24.4 Å². The maximum absolute atomic E-state index is 5.49. The number of ether oxygens (including phenoxy) is 1. The van der Waals surface area contributed by atoms with Crippen molar-refractivity contribution < 1.29 is 4.74 Å². The van der Waals surface area contributed by atoms with E-state index in [0.717, 1.165) is 5.75 Å². The Kier molecular flexibility index (Phi) is 3.08. The van der Waals surface area contributed by atoms with E-state index in [1.54, 1.807) is 4.68 Å². The molecule has 0 spiro atoms. The summed E-state index contributed by atoms with van der Waals surface area (Å²) in [6, 6.07) is 9.62. The number of benzene rings is 1. The molecule has 1 aromatic heterocycles. The lowest BCUT2D eigenvalue weighted by Crippen LogP contribution is -2.09. The Morgan fingerprint density at radius 3 is 2.80 bits per heavy atom. The molecule has 1 heterocycles. The van der Waals surface area contributed by atoms with Crippen LogP contribution in [0.25, 0.3) is 0 Å². The van der Waals surface area contributed by atoms with Crippen molar-refractivity contribution >= 4 is 12.2 Å². The van der Waals surface area contributed by atoms with E-state index in [1.165, 1.54) is 0 Å². The summed E-state index contributed by atoms with van der Waals surface area (Å²) in [4.78, 5) is 0. The summed E-state index contributed by atoms with van der Waals surface area (Å²) in [5.41, 5.74) is 0. The molecule has 0 fully saturated rings. The summed E-state index contributed by atoms with van der Waals surface area (Å²) in [7, 11) is 0. The number of aromatic nitrogens is 4. The van der Waals surface area contributed by atoms with E-state index in [0.29, 0.717) is 17.9 Å². The van der Waals surface area contributed by atoms with E-state index in [-0.39, 0.29) is 0 Å². The highest BCUT2D eigenvalue weighted by Gasteiger charge is 1.95. The summed E-state index contributed by atoms with van der Waals surface area (Å²) in [6.45, 7) is 1.14. The van der Waals surface area contributed by atoms with Crippen LogP contribution in [0.4, 0.5) is 0 Å². The first-order valence-electron chi connectivity index (χ1n) is 4.52. The molecular weight excluding hydrogens is 212 g/mol. The van der Waals surface area contributed by atoms with Crippen LogP contribution < -0.4 is 4.74 Å². The van der Waals surface area contributed by atoms with Crippen molar-refractivity contribution in [1.29, 1.82) is 0 Å². The molecule has 0 aliphatic rings. The molecule has 0 aliphatic heterocycles. The molecule has 2 rings (SSSR count). The summed E-state index contributed by atoms with van der Waals surface area (Å²) >= 11 is 4.92. The Labute approximate surface area is 91.7 Å². The van der Waals surface area contributed by atoms with E-state index in [4.69, 9.17) is 17.0 Å². The molecule has 6 heteroatoms. The molecule has 0 saturated carbocycles. The highest BCUT2D eigenvalue weighted by molar-refractivity contribution is 7.71. The largest absolute Gasteiger partial charge is 0.492 e. The van der Waals surface area contributed by atoms with E-state index >= 15 is 0 Å². The number of rotatable bonds is 4. The Hall–Kier alpha value is -1.69. The molecule has 0 bridgehead atoms. The number of aromatic amines is 1. The average Bonchev–Trinajstić information content (AvgIpc) is 2.66. The lowest BCUT2D eigenvalue weighted by atomic mass is 10.3. The van der Waals surface area contributed by atoms with Crippen LogP contribution in [0.1, 0.15) is 0 Å². The third-order valence-corrected chi connectivity index (χ3v) is 2.16. The van der Waals surface area contributed by atoms with Gasteiger partial charge in [0, 0.05) is 0 Å². The standard InChI is InChI=1S/C9H10N4OS/c15-9-10-11-12-13(9)6-7-14-8-4-2-1-3-5-8/h1-5H,6-7H2,(H,10,12,15). The Morgan fingerprint density at radius 1 is 1.33 bits per heavy atom. The number of nitrogens with one attached hydrogen (secondary N) is 1. The Bertz CT molecular complexity index is 464. The maximum Gasteiger partial charge on any atom is 0.238 e. The summed E-state index contributed by atoms with van der Waals surface area (Å²) < 4.78 is 7.58. The first-order valence-corrected chi connectivity index (χ1v) is 4.93. The fourth-order valence-corrected chi connectivity index (χ4v) is 1.31. The number of H-pyrrole nitrogens is 1. The Morgan fingerprint density at radius 2 is 2.13 bits per heavy atom. The van der Waals surface area contributed by atoms with Crippen molar-refractivity contribution in [2.45, 2.75) is 6.54 Å². The predicted octanol–water partition coefficient (Wildman–Crippen LogP) is 1.41. The van der Waals surface area contributed by atoms with Gasteiger partial charge >= 0.3 is 0 Å². The van der Waals surface area contributed by atoms with E-state index in [9.17, 15) is 0 Å². The minimum atomic E-state index is 0.437. The van der Waals surface area contributed by atoms with Crippen LogP contribution in [0.15, 0.2) is 30.3 Å². The van der Waals surface area contributed by atoms with Gasteiger partial charge in [0.25, 0.3) is 0 Å². The smallest absolute Gasteiger partial charge is 0.238 e. The highest BCUT2D eigenvalue weighted by Crippen LogP contribution is 2.07. The number of hydrogen-bond acceptors (Lipinski definition) is 4. The van der Waals surface area contributed by atoms with Gasteiger partial charge < -0.3 is 4.74 Å². The molecule has 78 valence electrons. The van der Waals surface area contributed by atoms with Crippen LogP contribution in [0.3, 0.4) is 0 Å². The van der Waals surface area contributed by atoms with Crippen molar-refractivity contribution in [2.75, 3.05) is 6.61 Å². The maximum atomic E-state index is 5.49. The first-order chi connectivity index (χ1) is 7.36. The molecule has 0 atom stereocenters. The van der Waals surface area contributed by atoms with Gasteiger partial charge in [-0.2, -0.15) is 5.21 Å². The van der Waals surface area contributed by atoms with Crippen LogP contribution in [-0.2, 0) is 6.54 Å². The molecule has 1 aromatic carbocycles. The third kappa shape index (κ3) is 2.63. The zero-order valence-electron chi connectivity index (χ0n) is 7.96. The summed E-state index contributed by atoms with van der Waals surface area (Å²) in [6.07, 6.45) is 0. The molecule has 0 amide bonds. The zero-order valence-corrected chi connectivity index (χ0v) is 8.78. The lowest BCUT2D eigenvalue weighted by molar-refractivity contribution is 0.289. The predicted molar refractivity (Wildman–Crippen MR) is 57.1 cm³/mol. The number of tetrazole rings is 1. The molecule has 0 saturated heterocycles. The fraction of sp³-hybridized carbons (Fsp3) is 0.222.